The predicted molar refractivity (Wildman–Crippen MR) is 82.0 cm³/mol. The minimum atomic E-state index is -0.384. The van der Waals surface area contributed by atoms with Crippen molar-refractivity contribution in [3.05, 3.63) is 48.1 Å². The number of allylic oxidation sites excluding steroid dienone is 2. The number of rotatable bonds is 4. The fourth-order valence-electron chi connectivity index (χ4n) is 1.63. The number of methoxy groups -OCH3 is 1. The first-order valence-corrected chi connectivity index (χ1v) is 7.10. The molecule has 4 nitrogen and oxygen atoms in total. The van der Waals surface area contributed by atoms with E-state index in [4.69, 9.17) is 5.11 Å². The van der Waals surface area contributed by atoms with E-state index in [0.29, 0.717) is 5.75 Å². The molecule has 104 valence electrons. The van der Waals surface area contributed by atoms with Crippen LogP contribution in [0.2, 0.25) is 0 Å². The molecule has 1 heterocycles. The molecular formula is C15H15NO3S. The van der Waals surface area contributed by atoms with Crippen molar-refractivity contribution in [1.82, 2.24) is 0 Å². The summed E-state index contributed by atoms with van der Waals surface area (Å²) in [5, 5.41) is 10.00. The minimum Gasteiger partial charge on any atom is -0.508 e. The van der Waals surface area contributed by atoms with E-state index in [9.17, 15) is 4.79 Å². The number of thioether (sulfide) groups is 1. The monoisotopic (exact) mass is 289 g/mol. The van der Waals surface area contributed by atoms with Crippen molar-refractivity contribution in [2.45, 2.75) is 6.04 Å². The zero-order valence-corrected chi connectivity index (χ0v) is 11.8. The Hall–Kier alpha value is -2.01. The van der Waals surface area contributed by atoms with Crippen molar-refractivity contribution in [3.63, 3.8) is 0 Å². The Bertz CT molecular complexity index is 561. The molecule has 0 aromatic heterocycles. The van der Waals surface area contributed by atoms with Gasteiger partial charge in [-0.15, -0.1) is 11.8 Å². The highest BCUT2D eigenvalue weighted by Crippen LogP contribution is 2.19. The number of carbonyl (C=O) groups excluding carboxylic acids is 1. The number of aromatic hydroxyl groups is 1. The summed E-state index contributed by atoms with van der Waals surface area (Å²) in [7, 11) is 1.37. The number of phenolic OH excluding ortho intramolecular Hbond substituents is 1. The fourth-order valence-corrected chi connectivity index (χ4v) is 2.55. The number of hydrogen-bond acceptors (Lipinski definition) is 5. The summed E-state index contributed by atoms with van der Waals surface area (Å²) in [6.45, 7) is 0. The minimum absolute atomic E-state index is 0.253. The molecule has 0 unspecified atom stereocenters. The smallest absolute Gasteiger partial charge is 0.331 e. The van der Waals surface area contributed by atoms with Crippen molar-refractivity contribution in [1.29, 1.82) is 0 Å². The second-order valence-corrected chi connectivity index (χ2v) is 5.17. The highest BCUT2D eigenvalue weighted by molar-refractivity contribution is 8.14. The maximum Gasteiger partial charge on any atom is 0.331 e. The molecule has 0 spiro atoms. The molecule has 1 aliphatic rings. The van der Waals surface area contributed by atoms with Crippen LogP contribution in [0.25, 0.3) is 6.08 Å². The van der Waals surface area contributed by atoms with Crippen LogP contribution in [0.3, 0.4) is 0 Å². The predicted octanol–water partition coefficient (Wildman–Crippen LogP) is 2.65. The van der Waals surface area contributed by atoms with Crippen molar-refractivity contribution >= 4 is 28.9 Å². The quantitative estimate of drug-likeness (QED) is 0.684. The van der Waals surface area contributed by atoms with Gasteiger partial charge in [-0.1, -0.05) is 30.4 Å². The van der Waals surface area contributed by atoms with Gasteiger partial charge in [-0.3, -0.25) is 4.99 Å². The Labute approximate surface area is 121 Å². The van der Waals surface area contributed by atoms with Crippen molar-refractivity contribution in [3.8, 4) is 5.75 Å². The molecule has 20 heavy (non-hydrogen) atoms. The van der Waals surface area contributed by atoms with E-state index in [0.717, 1.165) is 10.6 Å². The Morgan fingerprint density at radius 3 is 2.75 bits per heavy atom. The zero-order chi connectivity index (χ0) is 14.4. The van der Waals surface area contributed by atoms with Crippen LogP contribution in [0.1, 0.15) is 5.56 Å². The lowest BCUT2D eigenvalue weighted by molar-refractivity contribution is -0.141. The standard InChI is InChI=1S/C15H15NO3S/c1-19-15(18)13-10-20-14(16-13)5-3-2-4-11-6-8-12(17)9-7-11/h2-9,13,17H,10H2,1H3/b4-2+,5-3+/t13-/m1/s1. The van der Waals surface area contributed by atoms with Gasteiger partial charge in [-0.25, -0.2) is 4.79 Å². The first-order chi connectivity index (χ1) is 9.69. The lowest BCUT2D eigenvalue weighted by Crippen LogP contribution is -2.19. The van der Waals surface area contributed by atoms with E-state index in [-0.39, 0.29) is 17.8 Å². The number of benzene rings is 1. The molecule has 0 bridgehead atoms. The van der Waals surface area contributed by atoms with Crippen LogP contribution in [0.15, 0.2) is 47.5 Å². The van der Waals surface area contributed by atoms with Crippen LogP contribution < -0.4 is 0 Å². The average molecular weight is 289 g/mol. The van der Waals surface area contributed by atoms with E-state index in [1.807, 2.05) is 36.4 Å². The number of ether oxygens (including phenoxy) is 1. The van der Waals surface area contributed by atoms with Gasteiger partial charge in [-0.05, 0) is 23.8 Å². The molecule has 1 atom stereocenters. The molecule has 2 rings (SSSR count). The van der Waals surface area contributed by atoms with Crippen molar-refractivity contribution in [2.24, 2.45) is 4.99 Å². The highest BCUT2D eigenvalue weighted by Gasteiger charge is 2.24. The van der Waals surface area contributed by atoms with E-state index in [2.05, 4.69) is 9.73 Å². The first-order valence-electron chi connectivity index (χ1n) is 6.11. The summed E-state index contributed by atoms with van der Waals surface area (Å²) in [5.41, 5.74) is 1.00. The lowest BCUT2D eigenvalue weighted by Gasteiger charge is -2.00. The normalized spacial score (nSPS) is 18.6. The van der Waals surface area contributed by atoms with Crippen LogP contribution in [0, 0.1) is 0 Å². The Kier molecular flexibility index (Phi) is 5.01. The second-order valence-electron chi connectivity index (χ2n) is 4.13. The summed E-state index contributed by atoms with van der Waals surface area (Å²) < 4.78 is 4.66. The van der Waals surface area contributed by atoms with Gasteiger partial charge in [-0.2, -0.15) is 0 Å². The third-order valence-corrected chi connectivity index (χ3v) is 3.70. The van der Waals surface area contributed by atoms with Gasteiger partial charge < -0.3 is 9.84 Å². The largest absolute Gasteiger partial charge is 0.508 e. The van der Waals surface area contributed by atoms with Gasteiger partial charge in [0.25, 0.3) is 0 Å². The van der Waals surface area contributed by atoms with Gasteiger partial charge >= 0.3 is 5.97 Å². The summed E-state index contributed by atoms with van der Waals surface area (Å²) in [4.78, 5) is 15.6. The van der Waals surface area contributed by atoms with Crippen LogP contribution >= 0.6 is 11.8 Å². The Balaban J connectivity index is 1.91. The van der Waals surface area contributed by atoms with E-state index < -0.39 is 0 Å². The van der Waals surface area contributed by atoms with E-state index in [1.54, 1.807) is 12.1 Å². The van der Waals surface area contributed by atoms with E-state index in [1.165, 1.54) is 18.9 Å². The van der Waals surface area contributed by atoms with Crippen LogP contribution in [0.5, 0.6) is 5.75 Å². The molecule has 0 fully saturated rings. The SMILES string of the molecule is COC(=O)[C@H]1CSC(/C=C/C=C/c2ccc(O)cc2)=N1. The Morgan fingerprint density at radius 1 is 1.35 bits per heavy atom. The van der Waals surface area contributed by atoms with Crippen LogP contribution in [0.4, 0.5) is 0 Å². The summed E-state index contributed by atoms with van der Waals surface area (Å²) >= 11 is 1.54. The molecule has 1 aromatic carbocycles. The van der Waals surface area contributed by atoms with Gasteiger partial charge in [0.05, 0.1) is 12.2 Å². The Morgan fingerprint density at radius 2 is 2.05 bits per heavy atom. The number of carbonyl (C=O) groups is 1. The number of aliphatic imine (C=N–C) groups is 1. The molecule has 1 aliphatic heterocycles. The van der Waals surface area contributed by atoms with Gasteiger partial charge in [0.1, 0.15) is 5.75 Å². The van der Waals surface area contributed by atoms with Gasteiger partial charge in [0.15, 0.2) is 6.04 Å². The highest BCUT2D eigenvalue weighted by atomic mass is 32.2. The summed E-state index contributed by atoms with van der Waals surface area (Å²) in [6.07, 6.45) is 7.55. The van der Waals surface area contributed by atoms with Gasteiger partial charge in [0, 0.05) is 5.75 Å². The summed E-state index contributed by atoms with van der Waals surface area (Å²) in [6, 6.07) is 6.55. The van der Waals surface area contributed by atoms with E-state index >= 15 is 0 Å². The molecular weight excluding hydrogens is 274 g/mol. The van der Waals surface area contributed by atoms with Crippen molar-refractivity contribution < 1.29 is 14.6 Å². The van der Waals surface area contributed by atoms with Crippen molar-refractivity contribution in [2.75, 3.05) is 12.9 Å². The number of esters is 1. The van der Waals surface area contributed by atoms with Crippen LogP contribution in [-0.4, -0.2) is 35.0 Å². The third-order valence-electron chi connectivity index (χ3n) is 2.68. The molecule has 1 N–H and O–H groups in total. The third kappa shape index (κ3) is 3.99. The molecule has 1 aromatic rings. The number of phenols is 1. The molecule has 0 saturated heterocycles. The number of hydrogen-bond donors (Lipinski definition) is 1. The number of nitrogens with zero attached hydrogens (tertiary/aromatic N) is 1. The second kappa shape index (κ2) is 6.96. The molecule has 0 saturated carbocycles. The first kappa shape index (κ1) is 14.4. The lowest BCUT2D eigenvalue weighted by atomic mass is 10.2. The average Bonchev–Trinajstić information content (AvgIpc) is 2.93. The molecule has 0 amide bonds. The topological polar surface area (TPSA) is 58.9 Å². The molecule has 0 radical (unpaired) electrons. The van der Waals surface area contributed by atoms with Crippen LogP contribution in [-0.2, 0) is 9.53 Å². The maximum absolute atomic E-state index is 11.3. The fraction of sp³-hybridized carbons (Fsp3) is 0.200. The zero-order valence-electron chi connectivity index (χ0n) is 11.0. The summed E-state index contributed by atoms with van der Waals surface area (Å²) in [5.74, 6) is 0.595. The maximum atomic E-state index is 11.3. The molecule has 0 aliphatic carbocycles. The van der Waals surface area contributed by atoms with Gasteiger partial charge in [0.2, 0.25) is 0 Å². The molecule has 5 heteroatoms.